The van der Waals surface area contributed by atoms with E-state index in [-0.39, 0.29) is 5.69 Å². The summed E-state index contributed by atoms with van der Waals surface area (Å²) in [6.45, 7) is 0. The molecule has 3 aromatic rings. The molecule has 108 valence electrons. The Morgan fingerprint density at radius 2 is 1.95 bits per heavy atom. The molecule has 0 saturated carbocycles. The molecule has 0 amide bonds. The summed E-state index contributed by atoms with van der Waals surface area (Å²) in [6, 6.07) is 7.94. The van der Waals surface area contributed by atoms with Gasteiger partial charge in [-0.05, 0) is 24.3 Å². The van der Waals surface area contributed by atoms with Crippen molar-refractivity contribution in [2.45, 2.75) is 0 Å². The van der Waals surface area contributed by atoms with Crippen LogP contribution in [-0.2, 0) is 11.3 Å². The van der Waals surface area contributed by atoms with Gasteiger partial charge in [0, 0.05) is 29.2 Å². The van der Waals surface area contributed by atoms with Gasteiger partial charge in [0.05, 0.1) is 0 Å². The number of imidazole rings is 1. The summed E-state index contributed by atoms with van der Waals surface area (Å²) in [5.41, 5.74) is 0.916. The number of hydrogen-bond donors (Lipinski definition) is 3. The molecule has 3 N–H and O–H groups in total. The summed E-state index contributed by atoms with van der Waals surface area (Å²) in [5, 5.41) is 0. The quantitative estimate of drug-likeness (QED) is 0.626. The molecular formula is C12H9N4O4S-. The van der Waals surface area contributed by atoms with Crippen LogP contribution >= 0.6 is 0 Å². The number of nitrogens with one attached hydrogen (secondary N) is 3. The minimum Gasteiger partial charge on any atom is -0.755 e. The van der Waals surface area contributed by atoms with Crippen LogP contribution in [0.15, 0.2) is 41.3 Å². The van der Waals surface area contributed by atoms with Crippen molar-refractivity contribution in [1.29, 1.82) is 0 Å². The van der Waals surface area contributed by atoms with E-state index in [2.05, 4.69) is 19.7 Å². The number of fused-ring (bicyclic) bond motifs is 1. The van der Waals surface area contributed by atoms with Crippen molar-refractivity contribution in [3.63, 3.8) is 0 Å². The molecular weight excluding hydrogens is 296 g/mol. The molecule has 2 aromatic heterocycles. The average Bonchev–Trinajstić information content (AvgIpc) is 2.82. The second-order valence-corrected chi connectivity index (χ2v) is 4.75. The number of ether oxygens (including phenoxy) is 1. The number of benzene rings is 1. The molecule has 0 fully saturated rings. The van der Waals surface area contributed by atoms with E-state index in [9.17, 15) is 13.6 Å². The van der Waals surface area contributed by atoms with Gasteiger partial charge in [-0.1, -0.05) is 0 Å². The SMILES string of the molecule is O=c1[nH]c2nccc(Oc3ccc(NS(=O)[O-])cc3)c2[nH]1. The van der Waals surface area contributed by atoms with E-state index in [0.29, 0.717) is 28.4 Å². The van der Waals surface area contributed by atoms with Crippen LogP contribution in [0.4, 0.5) is 5.69 Å². The van der Waals surface area contributed by atoms with Gasteiger partial charge in [0.2, 0.25) is 0 Å². The minimum absolute atomic E-state index is 0.369. The van der Waals surface area contributed by atoms with E-state index in [1.54, 1.807) is 30.3 Å². The van der Waals surface area contributed by atoms with Crippen molar-refractivity contribution in [3.05, 3.63) is 47.0 Å². The first-order valence-corrected chi connectivity index (χ1v) is 6.90. The van der Waals surface area contributed by atoms with E-state index in [1.807, 2.05) is 0 Å². The van der Waals surface area contributed by atoms with Crippen LogP contribution in [0.1, 0.15) is 0 Å². The molecule has 21 heavy (non-hydrogen) atoms. The number of anilines is 1. The molecule has 0 saturated heterocycles. The fourth-order valence-electron chi connectivity index (χ4n) is 1.81. The third-order valence-electron chi connectivity index (χ3n) is 2.67. The van der Waals surface area contributed by atoms with Crippen LogP contribution in [-0.4, -0.2) is 23.7 Å². The van der Waals surface area contributed by atoms with Crippen molar-refractivity contribution < 1.29 is 13.5 Å². The number of hydrogen-bond acceptors (Lipinski definition) is 5. The largest absolute Gasteiger partial charge is 0.755 e. The number of H-pyrrole nitrogens is 2. The van der Waals surface area contributed by atoms with Crippen molar-refractivity contribution in [2.24, 2.45) is 0 Å². The molecule has 2 heterocycles. The van der Waals surface area contributed by atoms with Gasteiger partial charge in [-0.2, -0.15) is 0 Å². The molecule has 8 nitrogen and oxygen atoms in total. The Bertz CT molecular complexity index is 856. The topological polar surface area (TPSA) is 123 Å². The van der Waals surface area contributed by atoms with E-state index in [0.717, 1.165) is 0 Å². The van der Waals surface area contributed by atoms with Crippen molar-refractivity contribution in [2.75, 3.05) is 4.72 Å². The Morgan fingerprint density at radius 1 is 1.19 bits per heavy atom. The third-order valence-corrected chi connectivity index (χ3v) is 3.07. The van der Waals surface area contributed by atoms with Gasteiger partial charge in [-0.3, -0.25) is 9.19 Å². The second-order valence-electron chi connectivity index (χ2n) is 4.08. The van der Waals surface area contributed by atoms with Crippen LogP contribution < -0.4 is 15.1 Å². The first kappa shape index (κ1) is 13.3. The van der Waals surface area contributed by atoms with Gasteiger partial charge in [-0.15, -0.1) is 0 Å². The summed E-state index contributed by atoms with van der Waals surface area (Å²) < 4.78 is 28.9. The highest BCUT2D eigenvalue weighted by molar-refractivity contribution is 7.80. The Labute approximate surface area is 120 Å². The number of aromatic amines is 2. The Hall–Kier alpha value is -2.65. The fraction of sp³-hybridized carbons (Fsp3) is 0. The molecule has 0 aliphatic carbocycles. The van der Waals surface area contributed by atoms with Gasteiger partial charge < -0.3 is 19.0 Å². The summed E-state index contributed by atoms with van der Waals surface area (Å²) >= 11 is -2.37. The number of pyridine rings is 1. The Balaban J connectivity index is 1.88. The molecule has 1 unspecified atom stereocenters. The zero-order chi connectivity index (χ0) is 14.8. The maximum Gasteiger partial charge on any atom is 0.325 e. The van der Waals surface area contributed by atoms with Gasteiger partial charge in [0.15, 0.2) is 11.4 Å². The maximum absolute atomic E-state index is 11.3. The predicted octanol–water partition coefficient (Wildman–Crippen LogP) is 1.25. The summed E-state index contributed by atoms with van der Waals surface area (Å²) in [4.78, 5) is 20.4. The highest BCUT2D eigenvalue weighted by Crippen LogP contribution is 2.26. The lowest BCUT2D eigenvalue weighted by Gasteiger charge is -2.10. The standard InChI is InChI=1S/C12H10N4O4S/c17-12-14-10-9(5-6-13-11(10)15-12)20-8-3-1-7(2-4-8)16-21(18)19/h1-6,16H,(H,18,19)(H2,13,14,15,17)/p-1. The smallest absolute Gasteiger partial charge is 0.325 e. The highest BCUT2D eigenvalue weighted by atomic mass is 32.2. The Kier molecular flexibility index (Phi) is 3.42. The molecule has 1 atom stereocenters. The van der Waals surface area contributed by atoms with Gasteiger partial charge in [0.25, 0.3) is 0 Å². The van der Waals surface area contributed by atoms with Crippen molar-refractivity contribution >= 4 is 28.1 Å². The van der Waals surface area contributed by atoms with Crippen LogP contribution in [0, 0.1) is 0 Å². The monoisotopic (exact) mass is 305 g/mol. The van der Waals surface area contributed by atoms with Crippen molar-refractivity contribution in [1.82, 2.24) is 15.0 Å². The van der Waals surface area contributed by atoms with Crippen LogP contribution in [0.25, 0.3) is 11.2 Å². The number of aromatic nitrogens is 3. The maximum atomic E-state index is 11.3. The van der Waals surface area contributed by atoms with Gasteiger partial charge in [0.1, 0.15) is 11.3 Å². The van der Waals surface area contributed by atoms with E-state index in [1.165, 1.54) is 6.20 Å². The fourth-order valence-corrected chi connectivity index (χ4v) is 2.14. The average molecular weight is 305 g/mol. The first-order valence-electron chi connectivity index (χ1n) is 5.83. The number of rotatable bonds is 4. The predicted molar refractivity (Wildman–Crippen MR) is 75.8 cm³/mol. The lowest BCUT2D eigenvalue weighted by atomic mass is 10.3. The van der Waals surface area contributed by atoms with Gasteiger partial charge >= 0.3 is 5.69 Å². The molecule has 0 bridgehead atoms. The third kappa shape index (κ3) is 2.93. The van der Waals surface area contributed by atoms with E-state index < -0.39 is 11.3 Å². The lowest BCUT2D eigenvalue weighted by Crippen LogP contribution is -2.01. The van der Waals surface area contributed by atoms with Crippen LogP contribution in [0.3, 0.4) is 0 Å². The van der Waals surface area contributed by atoms with E-state index >= 15 is 0 Å². The summed E-state index contributed by atoms with van der Waals surface area (Å²) in [6.07, 6.45) is 1.51. The molecule has 0 spiro atoms. The molecule has 1 aromatic carbocycles. The first-order chi connectivity index (χ1) is 10.1. The summed E-state index contributed by atoms with van der Waals surface area (Å²) in [7, 11) is 0. The van der Waals surface area contributed by atoms with Gasteiger partial charge in [-0.25, -0.2) is 9.78 Å². The minimum atomic E-state index is -2.37. The number of nitrogens with zero attached hydrogens (tertiary/aromatic N) is 1. The summed E-state index contributed by atoms with van der Waals surface area (Å²) in [5.74, 6) is 0.929. The van der Waals surface area contributed by atoms with Crippen molar-refractivity contribution in [3.8, 4) is 11.5 Å². The molecule has 0 aliphatic heterocycles. The Morgan fingerprint density at radius 3 is 2.67 bits per heavy atom. The molecule has 0 radical (unpaired) electrons. The van der Waals surface area contributed by atoms with Crippen LogP contribution in [0.2, 0.25) is 0 Å². The zero-order valence-electron chi connectivity index (χ0n) is 10.5. The van der Waals surface area contributed by atoms with E-state index in [4.69, 9.17) is 4.74 Å². The zero-order valence-corrected chi connectivity index (χ0v) is 11.3. The van der Waals surface area contributed by atoms with Crippen LogP contribution in [0.5, 0.6) is 11.5 Å². The highest BCUT2D eigenvalue weighted by Gasteiger charge is 2.07. The molecule has 9 heteroatoms. The second kappa shape index (κ2) is 5.38. The normalized spacial score (nSPS) is 12.2. The molecule has 3 rings (SSSR count). The lowest BCUT2D eigenvalue weighted by molar-refractivity contribution is 0.487. The molecule has 0 aliphatic rings.